The molecule has 0 bridgehead atoms. The Balaban J connectivity index is 1.57. The summed E-state index contributed by atoms with van der Waals surface area (Å²) < 4.78 is 32.2. The highest BCUT2D eigenvalue weighted by atomic mass is 19.1. The number of hydrogen-bond acceptors (Lipinski definition) is 3. The van der Waals surface area contributed by atoms with Gasteiger partial charge in [-0.15, -0.1) is 0 Å². The largest absolute Gasteiger partial charge is 0.459 e. The monoisotopic (exact) mass is 418 g/mol. The van der Waals surface area contributed by atoms with E-state index >= 15 is 0 Å². The number of carbonyl (C=O) groups excluding carboxylic acids is 1. The van der Waals surface area contributed by atoms with Gasteiger partial charge in [-0.1, -0.05) is 24.3 Å². The number of halogens is 2. The van der Waals surface area contributed by atoms with Gasteiger partial charge in [0.15, 0.2) is 5.76 Å². The number of benzene rings is 2. The van der Waals surface area contributed by atoms with Crippen molar-refractivity contribution >= 4 is 17.7 Å². The smallest absolute Gasteiger partial charge is 0.310 e. The first kappa shape index (κ1) is 19.4. The van der Waals surface area contributed by atoms with Crippen molar-refractivity contribution in [2.45, 2.75) is 25.3 Å². The van der Waals surface area contributed by atoms with Gasteiger partial charge in [0.1, 0.15) is 11.6 Å². The van der Waals surface area contributed by atoms with Gasteiger partial charge in [-0.05, 0) is 78.4 Å². The summed E-state index contributed by atoms with van der Waals surface area (Å²) in [6, 6.07) is 15.5. The van der Waals surface area contributed by atoms with E-state index < -0.39 is 0 Å². The highest BCUT2D eigenvalue weighted by Crippen LogP contribution is 2.45. The van der Waals surface area contributed by atoms with Gasteiger partial charge in [0.05, 0.1) is 18.0 Å². The minimum Gasteiger partial charge on any atom is -0.459 e. The number of furan rings is 1. The van der Waals surface area contributed by atoms with Crippen molar-refractivity contribution in [3.8, 4) is 0 Å². The Kier molecular flexibility index (Phi) is 4.98. The molecule has 4 nitrogen and oxygen atoms in total. The second-order valence-corrected chi connectivity index (χ2v) is 7.83. The minimum atomic E-state index is -0.342. The Hall–Kier alpha value is -3.54. The van der Waals surface area contributed by atoms with Crippen LogP contribution in [0.25, 0.3) is 6.08 Å². The Bertz CT molecular complexity index is 1150. The number of carbonyl (C=O) groups is 1. The molecule has 3 aromatic rings. The summed E-state index contributed by atoms with van der Waals surface area (Å²) in [5, 5.41) is 6.21. The average Bonchev–Trinajstić information content (AvgIpc) is 3.44. The summed E-state index contributed by atoms with van der Waals surface area (Å²) in [7, 11) is 0. The Morgan fingerprint density at radius 3 is 2.42 bits per heavy atom. The fourth-order valence-electron chi connectivity index (χ4n) is 4.43. The second-order valence-electron chi connectivity index (χ2n) is 7.83. The summed E-state index contributed by atoms with van der Waals surface area (Å²) >= 11 is 0. The quantitative estimate of drug-likeness (QED) is 0.524. The van der Waals surface area contributed by atoms with Crippen molar-refractivity contribution < 1.29 is 18.0 Å². The van der Waals surface area contributed by atoms with Crippen LogP contribution >= 0.6 is 0 Å². The zero-order valence-corrected chi connectivity index (χ0v) is 16.7. The maximum atomic E-state index is 13.6. The number of rotatable bonds is 3. The lowest BCUT2D eigenvalue weighted by Gasteiger charge is -2.29. The van der Waals surface area contributed by atoms with Gasteiger partial charge in [-0.25, -0.2) is 13.8 Å². The third-order valence-corrected chi connectivity index (χ3v) is 5.86. The molecule has 2 aliphatic rings. The molecule has 0 spiro atoms. The molecular formula is C25H20F2N2O2. The van der Waals surface area contributed by atoms with E-state index in [1.165, 1.54) is 35.5 Å². The Labute approximate surface area is 178 Å². The van der Waals surface area contributed by atoms with Crippen LogP contribution in [0.5, 0.6) is 0 Å². The van der Waals surface area contributed by atoms with Gasteiger partial charge in [-0.3, -0.25) is 4.79 Å². The molecule has 156 valence electrons. The third-order valence-electron chi connectivity index (χ3n) is 5.86. The van der Waals surface area contributed by atoms with Crippen molar-refractivity contribution in [3.63, 3.8) is 0 Å². The van der Waals surface area contributed by atoms with Crippen molar-refractivity contribution in [2.75, 3.05) is 0 Å². The predicted molar refractivity (Wildman–Crippen MR) is 113 cm³/mol. The van der Waals surface area contributed by atoms with Crippen LogP contribution in [0.3, 0.4) is 0 Å². The fourth-order valence-corrected chi connectivity index (χ4v) is 4.43. The zero-order chi connectivity index (χ0) is 21.4. The van der Waals surface area contributed by atoms with Gasteiger partial charge in [-0.2, -0.15) is 5.10 Å². The number of amides is 1. The van der Waals surface area contributed by atoms with Crippen molar-refractivity contribution in [1.29, 1.82) is 0 Å². The van der Waals surface area contributed by atoms with Crippen molar-refractivity contribution in [1.82, 2.24) is 5.01 Å². The molecule has 2 atom stereocenters. The summed E-state index contributed by atoms with van der Waals surface area (Å²) in [6.07, 6.45) is 6.09. The molecule has 1 fully saturated rings. The lowest BCUT2D eigenvalue weighted by atomic mass is 9.77. The van der Waals surface area contributed by atoms with Gasteiger partial charge in [0, 0.05) is 5.92 Å². The standard InChI is InChI=1S/C25H20F2N2O2/c26-19-10-6-16(7-11-19)15-18-3-1-4-21-23(18)28-29(25(30)22-5-2-14-31-22)24(21)17-8-12-20(27)13-9-17/h2,5-15,21,24H,1,3-4H2/b18-15+. The topological polar surface area (TPSA) is 45.8 Å². The lowest BCUT2D eigenvalue weighted by molar-refractivity contribution is 0.0648. The van der Waals surface area contributed by atoms with Crippen LogP contribution < -0.4 is 0 Å². The van der Waals surface area contributed by atoms with Crippen LogP contribution in [0.15, 0.2) is 82.0 Å². The summed E-state index contributed by atoms with van der Waals surface area (Å²) in [4.78, 5) is 13.2. The molecular weight excluding hydrogens is 398 g/mol. The van der Waals surface area contributed by atoms with Crippen molar-refractivity contribution in [3.05, 3.63) is 101 Å². The first-order valence-electron chi connectivity index (χ1n) is 10.3. The molecule has 2 unspecified atom stereocenters. The highest BCUT2D eigenvalue weighted by molar-refractivity contribution is 6.08. The molecule has 2 heterocycles. The molecule has 0 N–H and O–H groups in total. The number of hydrazone groups is 1. The zero-order valence-electron chi connectivity index (χ0n) is 16.7. The van der Waals surface area contributed by atoms with E-state index in [9.17, 15) is 13.6 Å². The van der Waals surface area contributed by atoms with E-state index in [0.717, 1.165) is 41.7 Å². The molecule has 5 rings (SSSR count). The molecule has 0 saturated heterocycles. The van der Waals surface area contributed by atoms with Crippen LogP contribution in [0, 0.1) is 17.6 Å². The average molecular weight is 418 g/mol. The van der Waals surface area contributed by atoms with E-state index in [2.05, 4.69) is 0 Å². The van der Waals surface area contributed by atoms with Crippen LogP contribution in [-0.2, 0) is 0 Å². The second kappa shape index (κ2) is 7.95. The first-order chi connectivity index (χ1) is 15.1. The van der Waals surface area contributed by atoms with E-state index in [0.29, 0.717) is 0 Å². The number of allylic oxidation sites excluding steroid dienone is 1. The lowest BCUT2D eigenvalue weighted by Crippen LogP contribution is -2.31. The maximum Gasteiger partial charge on any atom is 0.310 e. The predicted octanol–water partition coefficient (Wildman–Crippen LogP) is 5.99. The summed E-state index contributed by atoms with van der Waals surface area (Å²) in [6.45, 7) is 0. The van der Waals surface area contributed by atoms with Gasteiger partial charge in [0.25, 0.3) is 0 Å². The highest BCUT2D eigenvalue weighted by Gasteiger charge is 2.44. The summed E-state index contributed by atoms with van der Waals surface area (Å²) in [5.41, 5.74) is 3.59. The first-order valence-corrected chi connectivity index (χ1v) is 10.3. The molecule has 31 heavy (non-hydrogen) atoms. The van der Waals surface area contributed by atoms with Gasteiger partial charge < -0.3 is 4.42 Å². The number of nitrogens with zero attached hydrogens (tertiary/aromatic N) is 2. The van der Waals surface area contributed by atoms with Crippen LogP contribution in [0.2, 0.25) is 0 Å². The maximum absolute atomic E-state index is 13.6. The SMILES string of the molecule is O=C(c1ccco1)N1N=C2/C(=C/c3ccc(F)cc3)CCCC2C1c1ccc(F)cc1. The Morgan fingerprint density at radius 1 is 1.03 bits per heavy atom. The van der Waals surface area contributed by atoms with Crippen LogP contribution in [0.4, 0.5) is 8.78 Å². The molecule has 1 aliphatic heterocycles. The molecule has 0 radical (unpaired) electrons. The van der Waals surface area contributed by atoms with Crippen LogP contribution in [-0.4, -0.2) is 16.6 Å². The van der Waals surface area contributed by atoms with Gasteiger partial charge in [0.2, 0.25) is 0 Å². The molecule has 1 aromatic heterocycles. The van der Waals surface area contributed by atoms with E-state index in [-0.39, 0.29) is 35.3 Å². The molecule has 1 saturated carbocycles. The molecule has 6 heteroatoms. The number of fused-ring (bicyclic) bond motifs is 1. The van der Waals surface area contributed by atoms with Crippen molar-refractivity contribution in [2.24, 2.45) is 11.0 Å². The third kappa shape index (κ3) is 3.69. The molecule has 1 amide bonds. The summed E-state index contributed by atoms with van der Waals surface area (Å²) in [5.74, 6) is -0.743. The van der Waals surface area contributed by atoms with E-state index in [1.54, 1.807) is 36.4 Å². The number of hydrogen-bond donors (Lipinski definition) is 0. The van der Waals surface area contributed by atoms with Crippen LogP contribution in [0.1, 0.15) is 47.0 Å². The van der Waals surface area contributed by atoms with E-state index in [4.69, 9.17) is 9.52 Å². The van der Waals surface area contributed by atoms with Gasteiger partial charge >= 0.3 is 5.91 Å². The normalized spacial score (nSPS) is 21.8. The fraction of sp³-hybridized carbons (Fsp3) is 0.200. The van der Waals surface area contributed by atoms with E-state index in [1.807, 2.05) is 6.08 Å². The Morgan fingerprint density at radius 2 is 1.74 bits per heavy atom. The minimum absolute atomic E-state index is 0.00942. The molecule has 2 aromatic carbocycles. The molecule has 1 aliphatic carbocycles.